The Morgan fingerprint density at radius 1 is 1.19 bits per heavy atom. The van der Waals surface area contributed by atoms with Crippen LogP contribution >= 0.6 is 11.6 Å². The first kappa shape index (κ1) is 22.7. The fraction of sp³-hybridized carbons (Fsp3) is 0.438. The highest BCUT2D eigenvalue weighted by Crippen LogP contribution is 2.24. The van der Waals surface area contributed by atoms with Crippen molar-refractivity contribution in [3.8, 4) is 5.75 Å². The van der Waals surface area contributed by atoms with Crippen LogP contribution in [-0.4, -0.2) is 23.5 Å². The number of aliphatic carboxylic acids is 1. The van der Waals surface area contributed by atoms with Gasteiger partial charge in [0.2, 0.25) is 5.88 Å². The predicted molar refractivity (Wildman–Crippen MR) is 92.3 cm³/mol. The Balaban J connectivity index is 0.000000277. The number of nitrogens with one attached hydrogen (secondary N) is 1. The molecule has 2 rings (SSSR count). The highest BCUT2D eigenvalue weighted by atomic mass is 35.5. The molecule has 0 atom stereocenters. The van der Waals surface area contributed by atoms with Gasteiger partial charge in [0.15, 0.2) is 5.70 Å². The Labute approximate surface area is 159 Å². The van der Waals surface area contributed by atoms with Crippen molar-refractivity contribution in [3.05, 3.63) is 40.9 Å². The summed E-state index contributed by atoms with van der Waals surface area (Å²) in [6, 6.07) is 4.94. The number of alkyl halides is 3. The maximum absolute atomic E-state index is 11.6. The van der Waals surface area contributed by atoms with Gasteiger partial charge in [0.25, 0.3) is 0 Å². The minimum atomic E-state index is -4.65. The molecule has 6 N–H and O–H groups in total. The highest BCUT2D eigenvalue weighted by Gasteiger charge is 2.30. The van der Waals surface area contributed by atoms with Gasteiger partial charge in [-0.05, 0) is 49.9 Å². The van der Waals surface area contributed by atoms with E-state index in [0.29, 0.717) is 5.02 Å². The summed E-state index contributed by atoms with van der Waals surface area (Å²) in [5, 5.41) is 9.08. The molecule has 0 aliphatic heterocycles. The molecule has 0 saturated heterocycles. The van der Waals surface area contributed by atoms with E-state index in [2.05, 4.69) is 4.74 Å². The number of hydrazine groups is 1. The van der Waals surface area contributed by atoms with Gasteiger partial charge in [-0.1, -0.05) is 18.0 Å². The van der Waals surface area contributed by atoms with E-state index >= 15 is 0 Å². The maximum atomic E-state index is 11.6. The maximum Gasteiger partial charge on any atom is 0.573 e. The van der Waals surface area contributed by atoms with Crippen LogP contribution in [-0.2, 0) is 9.53 Å². The number of hydrogen-bond acceptors (Lipinski definition) is 6. The number of carbonyl (C=O) groups is 1. The average Bonchev–Trinajstić information content (AvgIpc) is 2.57. The first-order valence-corrected chi connectivity index (χ1v) is 8.37. The lowest BCUT2D eigenvalue weighted by molar-refractivity contribution is -0.274. The third-order valence-corrected chi connectivity index (χ3v) is 3.75. The third kappa shape index (κ3) is 9.25. The molecule has 7 nitrogen and oxygen atoms in total. The molecular formula is C16H21ClF3N3O4. The molecule has 1 aliphatic rings. The van der Waals surface area contributed by atoms with Gasteiger partial charge in [-0.3, -0.25) is 5.84 Å². The van der Waals surface area contributed by atoms with Gasteiger partial charge in [-0.2, -0.15) is 0 Å². The fourth-order valence-corrected chi connectivity index (χ4v) is 2.42. The van der Waals surface area contributed by atoms with E-state index in [1.807, 2.05) is 5.43 Å². The van der Waals surface area contributed by atoms with Crippen LogP contribution in [0.25, 0.3) is 0 Å². The lowest BCUT2D eigenvalue weighted by Gasteiger charge is -2.23. The lowest BCUT2D eigenvalue weighted by atomic mass is 9.98. The van der Waals surface area contributed by atoms with Gasteiger partial charge in [0, 0.05) is 5.02 Å². The normalized spacial score (nSPS) is 15.7. The number of hydrogen-bond donors (Lipinski definition) is 4. The number of nitrogens with two attached hydrogens (primary N) is 2. The molecule has 11 heteroatoms. The average molecular weight is 412 g/mol. The molecule has 1 saturated carbocycles. The van der Waals surface area contributed by atoms with Crippen LogP contribution in [0, 0.1) is 0 Å². The van der Waals surface area contributed by atoms with E-state index in [0.717, 1.165) is 37.8 Å². The molecule has 1 fully saturated rings. The monoisotopic (exact) mass is 411 g/mol. The van der Waals surface area contributed by atoms with Crippen molar-refractivity contribution in [1.29, 1.82) is 0 Å². The number of carboxylic acid groups (broad SMARTS) is 1. The summed E-state index contributed by atoms with van der Waals surface area (Å²) in [5.74, 6) is 3.40. The SMILES string of the molecule is FC(F)(F)Oc1ccc(Cl)cc1.NN/C(C(=O)O)=C(\N)OC1CCCCC1. The summed E-state index contributed by atoms with van der Waals surface area (Å²) in [6.07, 6.45) is 0.586. The second-order valence-corrected chi connectivity index (χ2v) is 6.00. The molecular weight excluding hydrogens is 391 g/mol. The molecule has 152 valence electrons. The second kappa shape index (κ2) is 10.7. The van der Waals surface area contributed by atoms with Crippen molar-refractivity contribution in [2.75, 3.05) is 0 Å². The molecule has 0 spiro atoms. The van der Waals surface area contributed by atoms with E-state index in [1.165, 1.54) is 18.6 Å². The van der Waals surface area contributed by atoms with Gasteiger partial charge >= 0.3 is 12.3 Å². The minimum absolute atomic E-state index is 0.0152. The van der Waals surface area contributed by atoms with Gasteiger partial charge < -0.3 is 25.7 Å². The zero-order valence-electron chi connectivity index (χ0n) is 14.3. The number of ether oxygens (including phenoxy) is 2. The summed E-state index contributed by atoms with van der Waals surface area (Å²) in [6.45, 7) is 0. The molecule has 0 unspecified atom stereocenters. The molecule has 0 heterocycles. The molecule has 1 aromatic rings. The molecule has 0 amide bonds. The molecule has 27 heavy (non-hydrogen) atoms. The van der Waals surface area contributed by atoms with Gasteiger partial charge in [0.1, 0.15) is 11.9 Å². The van der Waals surface area contributed by atoms with Crippen LogP contribution in [0.5, 0.6) is 5.75 Å². The predicted octanol–water partition coefficient (Wildman–Crippen LogP) is 3.25. The molecule has 0 radical (unpaired) electrons. The van der Waals surface area contributed by atoms with E-state index in [1.54, 1.807) is 0 Å². The van der Waals surface area contributed by atoms with Crippen molar-refractivity contribution < 1.29 is 32.5 Å². The Bertz CT molecular complexity index is 633. The summed E-state index contributed by atoms with van der Waals surface area (Å²) < 4.78 is 43.7. The number of benzene rings is 1. The first-order valence-electron chi connectivity index (χ1n) is 8.00. The quantitative estimate of drug-likeness (QED) is 0.254. The Kier molecular flexibility index (Phi) is 9.03. The Morgan fingerprint density at radius 2 is 1.74 bits per heavy atom. The zero-order chi connectivity index (χ0) is 20.4. The second-order valence-electron chi connectivity index (χ2n) is 5.57. The van der Waals surface area contributed by atoms with Gasteiger partial charge in [0.05, 0.1) is 0 Å². The van der Waals surface area contributed by atoms with Crippen LogP contribution in [0.15, 0.2) is 35.8 Å². The molecule has 0 aromatic heterocycles. The summed E-state index contributed by atoms with van der Waals surface area (Å²) in [7, 11) is 0. The summed E-state index contributed by atoms with van der Waals surface area (Å²) in [5.41, 5.74) is 7.22. The summed E-state index contributed by atoms with van der Waals surface area (Å²) >= 11 is 5.45. The Hall–Kier alpha value is -2.33. The zero-order valence-corrected chi connectivity index (χ0v) is 15.0. The van der Waals surface area contributed by atoms with Crippen molar-refractivity contribution in [2.24, 2.45) is 11.6 Å². The molecule has 1 aromatic carbocycles. The Morgan fingerprint density at radius 3 is 2.19 bits per heavy atom. The molecule has 0 bridgehead atoms. The smallest absolute Gasteiger partial charge is 0.476 e. The van der Waals surface area contributed by atoms with Crippen LogP contribution in [0.2, 0.25) is 5.02 Å². The third-order valence-electron chi connectivity index (χ3n) is 3.50. The topological polar surface area (TPSA) is 120 Å². The van der Waals surface area contributed by atoms with E-state index < -0.39 is 12.3 Å². The molecule has 1 aliphatic carbocycles. The van der Waals surface area contributed by atoms with E-state index in [9.17, 15) is 18.0 Å². The largest absolute Gasteiger partial charge is 0.573 e. The van der Waals surface area contributed by atoms with E-state index in [-0.39, 0.29) is 23.4 Å². The standard InChI is InChI=1S/C9H17N3O3.C7H4ClF3O/c10-8(7(12-11)9(13)14)15-6-4-2-1-3-5-6;8-5-1-3-6(4-2-5)12-7(9,10)11/h6,12H,1-5,10-11H2,(H,13,14);1-4H/b8-7+;. The van der Waals surface area contributed by atoms with Crippen LogP contribution < -0.4 is 21.7 Å². The van der Waals surface area contributed by atoms with Crippen molar-refractivity contribution >= 4 is 17.6 Å². The van der Waals surface area contributed by atoms with Crippen molar-refractivity contribution in [1.82, 2.24) is 5.43 Å². The fourth-order valence-electron chi connectivity index (χ4n) is 2.30. The number of rotatable bonds is 5. The summed E-state index contributed by atoms with van der Waals surface area (Å²) in [4.78, 5) is 10.7. The first-order chi connectivity index (χ1) is 12.6. The highest BCUT2D eigenvalue weighted by molar-refractivity contribution is 6.30. The van der Waals surface area contributed by atoms with E-state index in [4.69, 9.17) is 33.0 Å². The van der Waals surface area contributed by atoms with Crippen molar-refractivity contribution in [2.45, 2.75) is 44.6 Å². The number of carboxylic acids is 1. The lowest BCUT2D eigenvalue weighted by Crippen LogP contribution is -2.32. The van der Waals surface area contributed by atoms with Crippen LogP contribution in [0.1, 0.15) is 32.1 Å². The van der Waals surface area contributed by atoms with Gasteiger partial charge in [-0.15, -0.1) is 13.2 Å². The van der Waals surface area contributed by atoms with Crippen LogP contribution in [0.3, 0.4) is 0 Å². The van der Waals surface area contributed by atoms with Gasteiger partial charge in [-0.25, -0.2) is 4.79 Å². The van der Waals surface area contributed by atoms with Crippen LogP contribution in [0.4, 0.5) is 13.2 Å². The minimum Gasteiger partial charge on any atom is -0.476 e. The number of halogens is 4. The van der Waals surface area contributed by atoms with Crippen molar-refractivity contribution in [3.63, 3.8) is 0 Å².